The van der Waals surface area contributed by atoms with Crippen LogP contribution in [0.3, 0.4) is 0 Å². The molecule has 0 radical (unpaired) electrons. The Kier molecular flexibility index (Phi) is 5.54. The third-order valence-electron chi connectivity index (χ3n) is 2.25. The van der Waals surface area contributed by atoms with Gasteiger partial charge in [0.1, 0.15) is 0 Å². The van der Waals surface area contributed by atoms with Gasteiger partial charge in [0.2, 0.25) is 0 Å². The standard InChI is InChI=1S/C8H18N2O2S/c11-13(12)6-5-10-8-3-1-2-4-9-7-8/h8-10H,1-7H2,(H,11,12)/p-1. The van der Waals surface area contributed by atoms with Gasteiger partial charge in [-0.05, 0) is 19.4 Å². The Balaban J connectivity index is 2.08. The lowest BCUT2D eigenvalue weighted by Crippen LogP contribution is -2.38. The summed E-state index contributed by atoms with van der Waals surface area (Å²) in [5, 5.41) is 6.56. The highest BCUT2D eigenvalue weighted by Crippen LogP contribution is 2.03. The fraction of sp³-hybridized carbons (Fsp3) is 1.00. The van der Waals surface area contributed by atoms with Crippen LogP contribution >= 0.6 is 0 Å². The topological polar surface area (TPSA) is 64.2 Å². The molecule has 0 aromatic rings. The number of nitrogens with one attached hydrogen (secondary N) is 2. The summed E-state index contributed by atoms with van der Waals surface area (Å²) in [6.07, 6.45) is 3.61. The maximum Gasteiger partial charge on any atom is 0.0227 e. The summed E-state index contributed by atoms with van der Waals surface area (Å²) in [6.45, 7) is 2.62. The molecule has 0 amide bonds. The second-order valence-electron chi connectivity index (χ2n) is 3.36. The van der Waals surface area contributed by atoms with Gasteiger partial charge in [-0.25, -0.2) is 0 Å². The summed E-state index contributed by atoms with van der Waals surface area (Å²) < 4.78 is 20.5. The molecule has 1 saturated heterocycles. The minimum absolute atomic E-state index is 0.219. The lowest BCUT2D eigenvalue weighted by molar-refractivity contribution is 0.482. The fourth-order valence-electron chi connectivity index (χ4n) is 1.54. The average molecular weight is 205 g/mol. The number of hydrogen-bond acceptors (Lipinski definition) is 4. The SMILES string of the molecule is O=S([O-])CCNC1CCCCNC1. The zero-order valence-corrected chi connectivity index (χ0v) is 8.57. The van der Waals surface area contributed by atoms with Crippen LogP contribution in [-0.4, -0.2) is 40.2 Å². The van der Waals surface area contributed by atoms with Crippen LogP contribution in [0.4, 0.5) is 0 Å². The molecule has 0 spiro atoms. The van der Waals surface area contributed by atoms with E-state index in [4.69, 9.17) is 0 Å². The van der Waals surface area contributed by atoms with Crippen LogP contribution in [-0.2, 0) is 11.1 Å². The Bertz CT molecular complexity index is 158. The quantitative estimate of drug-likeness (QED) is 0.613. The first kappa shape index (κ1) is 11.1. The van der Waals surface area contributed by atoms with Crippen LogP contribution in [0.2, 0.25) is 0 Å². The third kappa shape index (κ3) is 5.36. The molecule has 2 unspecified atom stereocenters. The van der Waals surface area contributed by atoms with Gasteiger partial charge < -0.3 is 15.2 Å². The van der Waals surface area contributed by atoms with Crippen molar-refractivity contribution in [3.63, 3.8) is 0 Å². The van der Waals surface area contributed by atoms with Crippen molar-refractivity contribution in [2.45, 2.75) is 25.3 Å². The summed E-state index contributed by atoms with van der Waals surface area (Å²) in [7, 11) is 0. The van der Waals surface area contributed by atoms with Crippen LogP contribution in [0.15, 0.2) is 0 Å². The molecule has 0 saturated carbocycles. The maximum absolute atomic E-state index is 10.3. The number of rotatable bonds is 4. The van der Waals surface area contributed by atoms with Gasteiger partial charge >= 0.3 is 0 Å². The smallest absolute Gasteiger partial charge is 0.0227 e. The molecule has 1 fully saturated rings. The van der Waals surface area contributed by atoms with Crippen molar-refractivity contribution in [2.24, 2.45) is 0 Å². The van der Waals surface area contributed by atoms with Gasteiger partial charge in [-0.15, -0.1) is 0 Å². The van der Waals surface area contributed by atoms with Gasteiger partial charge in [-0.2, -0.15) is 0 Å². The van der Waals surface area contributed by atoms with E-state index < -0.39 is 11.1 Å². The molecule has 0 aromatic carbocycles. The second kappa shape index (κ2) is 6.48. The third-order valence-corrected chi connectivity index (χ3v) is 2.79. The molecule has 0 aliphatic carbocycles. The first-order valence-corrected chi connectivity index (χ1v) is 6.03. The molecule has 13 heavy (non-hydrogen) atoms. The van der Waals surface area contributed by atoms with Crippen LogP contribution in [0, 0.1) is 0 Å². The molecule has 1 aliphatic rings. The Hall–Kier alpha value is 0.0300. The molecule has 0 aromatic heterocycles. The van der Waals surface area contributed by atoms with Crippen molar-refractivity contribution in [2.75, 3.05) is 25.4 Å². The summed E-state index contributed by atoms with van der Waals surface area (Å²) in [5.41, 5.74) is 0. The molecule has 5 heteroatoms. The maximum atomic E-state index is 10.3. The van der Waals surface area contributed by atoms with Gasteiger partial charge in [0.05, 0.1) is 0 Å². The van der Waals surface area contributed by atoms with Crippen LogP contribution in [0.25, 0.3) is 0 Å². The van der Waals surface area contributed by atoms with Gasteiger partial charge in [-0.1, -0.05) is 17.5 Å². The first-order valence-electron chi connectivity index (χ1n) is 4.79. The van der Waals surface area contributed by atoms with E-state index in [0.29, 0.717) is 12.6 Å². The average Bonchev–Trinajstić information content (AvgIpc) is 2.32. The van der Waals surface area contributed by atoms with Gasteiger partial charge in [-0.3, -0.25) is 4.21 Å². The summed E-state index contributed by atoms with van der Waals surface area (Å²) >= 11 is -1.91. The van der Waals surface area contributed by atoms with Crippen molar-refractivity contribution in [3.8, 4) is 0 Å². The van der Waals surface area contributed by atoms with Crippen molar-refractivity contribution in [1.82, 2.24) is 10.6 Å². The molecule has 2 N–H and O–H groups in total. The van der Waals surface area contributed by atoms with Crippen molar-refractivity contribution >= 4 is 11.1 Å². The fourth-order valence-corrected chi connectivity index (χ4v) is 1.82. The van der Waals surface area contributed by atoms with Crippen LogP contribution < -0.4 is 10.6 Å². The minimum Gasteiger partial charge on any atom is -0.772 e. The zero-order valence-electron chi connectivity index (χ0n) is 7.75. The van der Waals surface area contributed by atoms with Crippen molar-refractivity contribution < 1.29 is 8.76 Å². The summed E-state index contributed by atoms with van der Waals surface area (Å²) in [6, 6.07) is 0.450. The predicted octanol–water partition coefficient (Wildman–Crippen LogP) is -0.403. The highest BCUT2D eigenvalue weighted by Gasteiger charge is 2.09. The van der Waals surface area contributed by atoms with Gasteiger partial charge in [0.15, 0.2) is 0 Å². The van der Waals surface area contributed by atoms with E-state index in [1.54, 1.807) is 0 Å². The molecular weight excluding hydrogens is 188 g/mol. The summed E-state index contributed by atoms with van der Waals surface area (Å²) in [5.74, 6) is 0.219. The molecule has 78 valence electrons. The monoisotopic (exact) mass is 205 g/mol. The van der Waals surface area contributed by atoms with E-state index in [2.05, 4.69) is 10.6 Å². The largest absolute Gasteiger partial charge is 0.772 e. The minimum atomic E-state index is -1.91. The molecule has 2 atom stereocenters. The van der Waals surface area contributed by atoms with E-state index in [9.17, 15) is 8.76 Å². The lowest BCUT2D eigenvalue weighted by Gasteiger charge is -2.16. The molecule has 1 aliphatic heterocycles. The molecule has 4 nitrogen and oxygen atoms in total. The predicted molar refractivity (Wildman–Crippen MR) is 52.3 cm³/mol. The Morgan fingerprint density at radius 1 is 1.54 bits per heavy atom. The second-order valence-corrected chi connectivity index (χ2v) is 4.37. The van der Waals surface area contributed by atoms with Crippen LogP contribution in [0.1, 0.15) is 19.3 Å². The highest BCUT2D eigenvalue weighted by atomic mass is 32.2. The lowest BCUT2D eigenvalue weighted by atomic mass is 10.1. The molecular formula is C8H17N2O2S-. The normalized spacial score (nSPS) is 26.7. The molecule has 1 heterocycles. The van der Waals surface area contributed by atoms with Crippen molar-refractivity contribution in [1.29, 1.82) is 0 Å². The van der Waals surface area contributed by atoms with Crippen molar-refractivity contribution in [3.05, 3.63) is 0 Å². The Morgan fingerprint density at radius 2 is 2.38 bits per heavy atom. The number of hydrogen-bond donors (Lipinski definition) is 2. The summed E-state index contributed by atoms with van der Waals surface area (Å²) in [4.78, 5) is 0. The molecule has 1 rings (SSSR count). The van der Waals surface area contributed by atoms with Crippen LogP contribution in [0.5, 0.6) is 0 Å². The van der Waals surface area contributed by atoms with E-state index in [1.165, 1.54) is 12.8 Å². The van der Waals surface area contributed by atoms with E-state index in [-0.39, 0.29) is 5.75 Å². The first-order chi connectivity index (χ1) is 6.29. The molecule has 0 bridgehead atoms. The van der Waals surface area contributed by atoms with Gasteiger partial charge in [0.25, 0.3) is 0 Å². The highest BCUT2D eigenvalue weighted by molar-refractivity contribution is 7.79. The van der Waals surface area contributed by atoms with E-state index in [1.807, 2.05) is 0 Å². The Morgan fingerprint density at radius 3 is 3.15 bits per heavy atom. The zero-order chi connectivity index (χ0) is 9.52. The van der Waals surface area contributed by atoms with E-state index >= 15 is 0 Å². The van der Waals surface area contributed by atoms with Gasteiger partial charge in [0, 0.05) is 24.9 Å². The Labute approximate surface area is 81.8 Å². The van der Waals surface area contributed by atoms with E-state index in [0.717, 1.165) is 19.5 Å².